The SMILES string of the molecule is Cc1cncc(NS(=O)(=O)c2cccc(F)c2C(N)=S)c1. The van der Waals surface area contributed by atoms with Gasteiger partial charge < -0.3 is 5.73 Å². The van der Waals surface area contributed by atoms with Gasteiger partial charge in [0.15, 0.2) is 0 Å². The lowest BCUT2D eigenvalue weighted by atomic mass is 10.2. The number of nitrogens with zero attached hydrogens (tertiary/aromatic N) is 1. The van der Waals surface area contributed by atoms with E-state index in [0.29, 0.717) is 0 Å². The molecule has 0 radical (unpaired) electrons. The molecule has 0 bridgehead atoms. The summed E-state index contributed by atoms with van der Waals surface area (Å²) in [6.07, 6.45) is 2.94. The highest BCUT2D eigenvalue weighted by Crippen LogP contribution is 2.22. The number of benzene rings is 1. The van der Waals surface area contributed by atoms with Crippen LogP contribution in [0, 0.1) is 12.7 Å². The number of aryl methyl sites for hydroxylation is 1. The van der Waals surface area contributed by atoms with Crippen molar-refractivity contribution >= 4 is 32.9 Å². The monoisotopic (exact) mass is 325 g/mol. The second-order valence-corrected chi connectivity index (χ2v) is 6.42. The first kappa shape index (κ1) is 15.3. The minimum absolute atomic E-state index is 0.271. The van der Waals surface area contributed by atoms with Crippen LogP contribution < -0.4 is 10.5 Å². The van der Waals surface area contributed by atoms with Crippen LogP contribution in [0.3, 0.4) is 0 Å². The van der Waals surface area contributed by atoms with Gasteiger partial charge in [-0.25, -0.2) is 12.8 Å². The number of hydrogen-bond acceptors (Lipinski definition) is 4. The van der Waals surface area contributed by atoms with Crippen molar-refractivity contribution in [2.24, 2.45) is 5.73 Å². The molecule has 2 aromatic rings. The van der Waals surface area contributed by atoms with Crippen molar-refractivity contribution in [1.82, 2.24) is 4.98 Å². The molecule has 0 aliphatic heterocycles. The van der Waals surface area contributed by atoms with Crippen molar-refractivity contribution in [3.63, 3.8) is 0 Å². The Balaban J connectivity index is 2.50. The molecule has 8 heteroatoms. The third-order valence-corrected chi connectivity index (χ3v) is 4.27. The van der Waals surface area contributed by atoms with Gasteiger partial charge in [-0.2, -0.15) is 0 Å². The van der Waals surface area contributed by atoms with Gasteiger partial charge in [0.05, 0.1) is 17.4 Å². The van der Waals surface area contributed by atoms with Gasteiger partial charge in [-0.3, -0.25) is 9.71 Å². The lowest BCUT2D eigenvalue weighted by Crippen LogP contribution is -2.21. The minimum Gasteiger partial charge on any atom is -0.389 e. The summed E-state index contributed by atoms with van der Waals surface area (Å²) >= 11 is 4.72. The van der Waals surface area contributed by atoms with Gasteiger partial charge in [0.2, 0.25) is 0 Å². The first-order valence-corrected chi connectivity index (χ1v) is 7.73. The molecule has 1 aromatic heterocycles. The average molecular weight is 325 g/mol. The molecular weight excluding hydrogens is 313 g/mol. The Morgan fingerprint density at radius 2 is 2.10 bits per heavy atom. The number of thiocarbonyl (C=S) groups is 1. The zero-order valence-corrected chi connectivity index (χ0v) is 12.6. The number of aromatic nitrogens is 1. The van der Waals surface area contributed by atoms with Crippen molar-refractivity contribution < 1.29 is 12.8 Å². The maximum atomic E-state index is 13.8. The molecule has 0 spiro atoms. The topological polar surface area (TPSA) is 85.1 Å². The maximum Gasteiger partial charge on any atom is 0.262 e. The highest BCUT2D eigenvalue weighted by molar-refractivity contribution is 7.93. The first-order valence-electron chi connectivity index (χ1n) is 5.84. The molecule has 5 nitrogen and oxygen atoms in total. The Morgan fingerprint density at radius 3 is 2.71 bits per heavy atom. The number of rotatable bonds is 4. The molecule has 0 aliphatic carbocycles. The summed E-state index contributed by atoms with van der Waals surface area (Å²) in [6.45, 7) is 1.77. The van der Waals surface area contributed by atoms with Crippen molar-refractivity contribution in [3.05, 3.63) is 53.6 Å². The summed E-state index contributed by atoms with van der Waals surface area (Å²) in [5, 5.41) is 0. The predicted molar refractivity (Wildman–Crippen MR) is 82.1 cm³/mol. The van der Waals surface area contributed by atoms with Gasteiger partial charge in [0, 0.05) is 6.20 Å². The summed E-state index contributed by atoms with van der Waals surface area (Å²) in [5.41, 5.74) is 6.16. The Kier molecular flexibility index (Phi) is 4.19. The van der Waals surface area contributed by atoms with E-state index >= 15 is 0 Å². The minimum atomic E-state index is -4.03. The molecule has 1 heterocycles. The van der Waals surface area contributed by atoms with Gasteiger partial charge in [-0.15, -0.1) is 0 Å². The van der Waals surface area contributed by atoms with Crippen LogP contribution in [0.5, 0.6) is 0 Å². The van der Waals surface area contributed by atoms with Crippen LogP contribution in [0.2, 0.25) is 0 Å². The molecule has 0 aliphatic rings. The number of nitrogens with one attached hydrogen (secondary N) is 1. The summed E-state index contributed by atoms with van der Waals surface area (Å²) in [6, 6.07) is 5.22. The molecule has 3 N–H and O–H groups in total. The van der Waals surface area contributed by atoms with E-state index in [-0.39, 0.29) is 21.1 Å². The molecule has 1 aromatic carbocycles. The van der Waals surface area contributed by atoms with E-state index in [9.17, 15) is 12.8 Å². The van der Waals surface area contributed by atoms with Crippen LogP contribution in [-0.4, -0.2) is 18.4 Å². The highest BCUT2D eigenvalue weighted by Gasteiger charge is 2.22. The van der Waals surface area contributed by atoms with Crippen molar-refractivity contribution in [1.29, 1.82) is 0 Å². The number of pyridine rings is 1. The fourth-order valence-corrected chi connectivity index (χ4v) is 3.33. The maximum absolute atomic E-state index is 13.8. The summed E-state index contributed by atoms with van der Waals surface area (Å²) in [7, 11) is -4.03. The molecule has 0 unspecified atom stereocenters. The number of hydrogen-bond donors (Lipinski definition) is 2. The quantitative estimate of drug-likeness (QED) is 0.840. The number of nitrogens with two attached hydrogens (primary N) is 1. The normalized spacial score (nSPS) is 11.1. The van der Waals surface area contributed by atoms with E-state index in [1.54, 1.807) is 19.2 Å². The molecule has 0 saturated heterocycles. The zero-order valence-electron chi connectivity index (χ0n) is 11.0. The average Bonchev–Trinajstić information content (AvgIpc) is 2.37. The van der Waals surface area contributed by atoms with Crippen LogP contribution in [0.1, 0.15) is 11.1 Å². The molecular formula is C13H12FN3O2S2. The Morgan fingerprint density at radius 1 is 1.38 bits per heavy atom. The van der Waals surface area contributed by atoms with E-state index in [1.165, 1.54) is 18.3 Å². The first-order chi connectivity index (χ1) is 9.81. The molecule has 0 fully saturated rings. The van der Waals surface area contributed by atoms with Gasteiger partial charge in [-0.05, 0) is 30.7 Å². The second kappa shape index (κ2) is 5.74. The molecule has 0 atom stereocenters. The zero-order chi connectivity index (χ0) is 15.6. The van der Waals surface area contributed by atoms with Crippen LogP contribution in [0.15, 0.2) is 41.6 Å². The number of anilines is 1. The Hall–Kier alpha value is -2.06. The Bertz CT molecular complexity index is 807. The second-order valence-electron chi connectivity index (χ2n) is 4.33. The fraction of sp³-hybridized carbons (Fsp3) is 0.0769. The fourth-order valence-electron chi connectivity index (χ4n) is 1.79. The number of sulfonamides is 1. The van der Waals surface area contributed by atoms with E-state index in [0.717, 1.165) is 11.6 Å². The van der Waals surface area contributed by atoms with Gasteiger partial charge in [0.25, 0.3) is 10.0 Å². The lowest BCUT2D eigenvalue weighted by molar-refractivity contribution is 0.594. The summed E-state index contributed by atoms with van der Waals surface area (Å²) in [4.78, 5) is 3.25. The van der Waals surface area contributed by atoms with E-state index < -0.39 is 15.8 Å². The smallest absolute Gasteiger partial charge is 0.262 e. The van der Waals surface area contributed by atoms with Gasteiger partial charge in [0.1, 0.15) is 15.7 Å². The van der Waals surface area contributed by atoms with Crippen molar-refractivity contribution in [2.75, 3.05) is 4.72 Å². The lowest BCUT2D eigenvalue weighted by Gasteiger charge is -2.12. The van der Waals surface area contributed by atoms with E-state index in [2.05, 4.69) is 9.71 Å². The third kappa shape index (κ3) is 3.34. The van der Waals surface area contributed by atoms with Crippen molar-refractivity contribution in [3.8, 4) is 0 Å². The van der Waals surface area contributed by atoms with Crippen LogP contribution in [0.4, 0.5) is 10.1 Å². The third-order valence-electron chi connectivity index (χ3n) is 2.64. The number of halogens is 1. The highest BCUT2D eigenvalue weighted by atomic mass is 32.2. The molecule has 0 amide bonds. The Labute approximate surface area is 127 Å². The van der Waals surface area contributed by atoms with E-state index in [4.69, 9.17) is 18.0 Å². The van der Waals surface area contributed by atoms with Crippen LogP contribution in [0.25, 0.3) is 0 Å². The molecule has 21 heavy (non-hydrogen) atoms. The van der Waals surface area contributed by atoms with Crippen LogP contribution in [-0.2, 0) is 10.0 Å². The van der Waals surface area contributed by atoms with E-state index in [1.807, 2.05) is 0 Å². The molecule has 0 saturated carbocycles. The van der Waals surface area contributed by atoms with Crippen LogP contribution >= 0.6 is 12.2 Å². The summed E-state index contributed by atoms with van der Waals surface area (Å²) in [5.74, 6) is -0.784. The predicted octanol–water partition coefficient (Wildman–Crippen LogP) is 1.96. The summed E-state index contributed by atoms with van der Waals surface area (Å²) < 4.78 is 40.8. The van der Waals surface area contributed by atoms with Gasteiger partial charge in [-0.1, -0.05) is 18.3 Å². The standard InChI is InChI=1S/C13H12FN3O2S2/c1-8-5-9(7-16-6-8)17-21(18,19)11-4-2-3-10(14)12(11)13(15)20/h2-7,17H,1H3,(H2,15,20). The molecule has 110 valence electrons. The molecule has 2 rings (SSSR count). The van der Waals surface area contributed by atoms with Crippen molar-refractivity contribution in [2.45, 2.75) is 11.8 Å². The largest absolute Gasteiger partial charge is 0.389 e. The van der Waals surface area contributed by atoms with Gasteiger partial charge >= 0.3 is 0 Å².